The Hall–Kier alpha value is -1.12. The van der Waals surface area contributed by atoms with Gasteiger partial charge in [0.1, 0.15) is 0 Å². The molecular weight excluding hydrogens is 228 g/mol. The summed E-state index contributed by atoms with van der Waals surface area (Å²) in [7, 11) is 2.16. The maximum Gasteiger partial charge on any atom is 0.233 e. The summed E-state index contributed by atoms with van der Waals surface area (Å²) in [5.41, 5.74) is 0. The SMILES string of the molecule is CN(CCNCC(=O)NCCC#N)C1CCCC1. The maximum atomic E-state index is 11.3. The minimum atomic E-state index is -0.0335. The summed E-state index contributed by atoms with van der Waals surface area (Å²) in [4.78, 5) is 13.7. The van der Waals surface area contributed by atoms with Crippen molar-refractivity contribution in [3.8, 4) is 6.07 Å². The number of hydrogen-bond acceptors (Lipinski definition) is 4. The maximum absolute atomic E-state index is 11.3. The summed E-state index contributed by atoms with van der Waals surface area (Å²) in [5.74, 6) is -0.0335. The van der Waals surface area contributed by atoms with Crippen LogP contribution in [-0.4, -0.2) is 50.1 Å². The van der Waals surface area contributed by atoms with Crippen LogP contribution in [0, 0.1) is 11.3 Å². The summed E-state index contributed by atoms with van der Waals surface area (Å²) >= 11 is 0. The molecule has 5 nitrogen and oxygen atoms in total. The van der Waals surface area contributed by atoms with Gasteiger partial charge in [0.25, 0.3) is 0 Å². The molecule has 1 amide bonds. The van der Waals surface area contributed by atoms with E-state index in [0.717, 1.165) is 19.1 Å². The van der Waals surface area contributed by atoms with Gasteiger partial charge in [-0.25, -0.2) is 0 Å². The third kappa shape index (κ3) is 5.99. The van der Waals surface area contributed by atoms with Crippen molar-refractivity contribution in [2.45, 2.75) is 38.1 Å². The minimum absolute atomic E-state index is 0.0335. The van der Waals surface area contributed by atoms with Gasteiger partial charge < -0.3 is 15.5 Å². The molecule has 0 atom stereocenters. The fourth-order valence-corrected chi connectivity index (χ4v) is 2.31. The molecule has 2 N–H and O–H groups in total. The van der Waals surface area contributed by atoms with Crippen LogP contribution in [0.15, 0.2) is 0 Å². The molecule has 1 aliphatic carbocycles. The molecule has 0 unspecified atom stereocenters. The summed E-state index contributed by atoms with van der Waals surface area (Å²) in [6.07, 6.45) is 5.69. The lowest BCUT2D eigenvalue weighted by atomic mass is 10.2. The first kappa shape index (κ1) is 14.9. The fraction of sp³-hybridized carbons (Fsp3) is 0.846. The van der Waals surface area contributed by atoms with Crippen LogP contribution < -0.4 is 10.6 Å². The lowest BCUT2D eigenvalue weighted by Crippen LogP contribution is -2.39. The number of amides is 1. The van der Waals surface area contributed by atoms with Gasteiger partial charge in [0.05, 0.1) is 19.0 Å². The summed E-state index contributed by atoms with van der Waals surface area (Å²) in [6.45, 7) is 2.59. The first-order valence-corrected chi connectivity index (χ1v) is 6.78. The Morgan fingerprint density at radius 3 is 2.78 bits per heavy atom. The van der Waals surface area contributed by atoms with Gasteiger partial charge in [-0.2, -0.15) is 5.26 Å². The van der Waals surface area contributed by atoms with Crippen molar-refractivity contribution in [2.75, 3.05) is 33.2 Å². The molecule has 0 aromatic rings. The highest BCUT2D eigenvalue weighted by atomic mass is 16.1. The number of carbonyl (C=O) groups excluding carboxylic acids is 1. The van der Waals surface area contributed by atoms with Crippen LogP contribution in [0.3, 0.4) is 0 Å². The van der Waals surface area contributed by atoms with E-state index in [9.17, 15) is 4.79 Å². The monoisotopic (exact) mass is 252 g/mol. The highest BCUT2D eigenvalue weighted by Crippen LogP contribution is 2.21. The van der Waals surface area contributed by atoms with E-state index in [1.165, 1.54) is 25.7 Å². The third-order valence-electron chi connectivity index (χ3n) is 3.43. The molecule has 0 radical (unpaired) electrons. The second-order valence-electron chi connectivity index (χ2n) is 4.85. The predicted molar refractivity (Wildman–Crippen MR) is 71.0 cm³/mol. The number of nitrogens with one attached hydrogen (secondary N) is 2. The van der Waals surface area contributed by atoms with Crippen molar-refractivity contribution >= 4 is 5.91 Å². The van der Waals surface area contributed by atoms with Gasteiger partial charge in [-0.05, 0) is 19.9 Å². The molecule has 0 heterocycles. The number of nitrogens with zero attached hydrogens (tertiary/aromatic N) is 2. The van der Waals surface area contributed by atoms with Gasteiger partial charge in [-0.1, -0.05) is 12.8 Å². The zero-order chi connectivity index (χ0) is 13.2. The Balaban J connectivity index is 1.97. The van der Waals surface area contributed by atoms with E-state index < -0.39 is 0 Å². The van der Waals surface area contributed by atoms with E-state index in [1.807, 2.05) is 6.07 Å². The zero-order valence-electron chi connectivity index (χ0n) is 11.2. The highest BCUT2D eigenvalue weighted by molar-refractivity contribution is 5.77. The molecule has 18 heavy (non-hydrogen) atoms. The van der Waals surface area contributed by atoms with Crippen LogP contribution in [-0.2, 0) is 4.79 Å². The van der Waals surface area contributed by atoms with E-state index in [4.69, 9.17) is 5.26 Å². The molecule has 0 aromatic carbocycles. The van der Waals surface area contributed by atoms with Crippen molar-refractivity contribution in [1.82, 2.24) is 15.5 Å². The molecular formula is C13H24N4O. The molecule has 0 saturated heterocycles. The average Bonchev–Trinajstić information content (AvgIpc) is 2.88. The molecule has 1 saturated carbocycles. The molecule has 1 rings (SSSR count). The molecule has 0 spiro atoms. The quantitative estimate of drug-likeness (QED) is 0.617. The van der Waals surface area contributed by atoms with Crippen molar-refractivity contribution in [3.63, 3.8) is 0 Å². The van der Waals surface area contributed by atoms with Gasteiger partial charge in [-0.15, -0.1) is 0 Å². The molecule has 0 aromatic heterocycles. The number of hydrogen-bond donors (Lipinski definition) is 2. The average molecular weight is 252 g/mol. The predicted octanol–water partition coefficient (Wildman–Crippen LogP) is 0.480. The Morgan fingerprint density at radius 2 is 2.11 bits per heavy atom. The van der Waals surface area contributed by atoms with E-state index in [-0.39, 0.29) is 5.91 Å². The Kier molecular flexibility index (Phi) is 7.38. The second-order valence-corrected chi connectivity index (χ2v) is 4.85. The number of rotatable bonds is 8. The smallest absolute Gasteiger partial charge is 0.233 e. The lowest BCUT2D eigenvalue weighted by molar-refractivity contribution is -0.120. The van der Waals surface area contributed by atoms with E-state index in [2.05, 4.69) is 22.6 Å². The molecule has 0 bridgehead atoms. The molecule has 1 fully saturated rings. The van der Waals surface area contributed by atoms with Gasteiger partial charge in [0.15, 0.2) is 0 Å². The van der Waals surface area contributed by atoms with E-state index >= 15 is 0 Å². The van der Waals surface area contributed by atoms with Gasteiger partial charge in [-0.3, -0.25) is 4.79 Å². The van der Waals surface area contributed by atoms with Crippen molar-refractivity contribution < 1.29 is 4.79 Å². The normalized spacial score (nSPS) is 15.8. The zero-order valence-corrected chi connectivity index (χ0v) is 11.2. The summed E-state index contributed by atoms with van der Waals surface area (Å²) in [5, 5.41) is 14.2. The van der Waals surface area contributed by atoms with Crippen molar-refractivity contribution in [2.24, 2.45) is 0 Å². The van der Waals surface area contributed by atoms with Crippen molar-refractivity contribution in [3.05, 3.63) is 0 Å². The van der Waals surface area contributed by atoms with Gasteiger partial charge in [0, 0.05) is 25.7 Å². The van der Waals surface area contributed by atoms with Crippen LogP contribution in [0.1, 0.15) is 32.1 Å². The molecule has 102 valence electrons. The topological polar surface area (TPSA) is 68.2 Å². The van der Waals surface area contributed by atoms with Gasteiger partial charge in [0.2, 0.25) is 5.91 Å². The van der Waals surface area contributed by atoms with E-state index in [1.54, 1.807) is 0 Å². The second kappa shape index (κ2) is 8.90. The first-order chi connectivity index (χ1) is 8.74. The fourth-order valence-electron chi connectivity index (χ4n) is 2.31. The Morgan fingerprint density at radius 1 is 1.39 bits per heavy atom. The Bertz CT molecular complexity index is 281. The standard InChI is InChI=1S/C13H24N4O/c1-17(12-5-2-3-6-12)10-9-15-11-13(18)16-8-4-7-14/h12,15H,2-6,8-11H2,1H3,(H,16,18). The van der Waals surface area contributed by atoms with Crippen LogP contribution in [0.5, 0.6) is 0 Å². The van der Waals surface area contributed by atoms with Crippen LogP contribution >= 0.6 is 0 Å². The highest BCUT2D eigenvalue weighted by Gasteiger charge is 2.18. The van der Waals surface area contributed by atoms with Crippen molar-refractivity contribution in [1.29, 1.82) is 5.26 Å². The van der Waals surface area contributed by atoms with Crippen LogP contribution in [0.25, 0.3) is 0 Å². The molecule has 0 aliphatic heterocycles. The number of carbonyl (C=O) groups is 1. The molecule has 1 aliphatic rings. The van der Waals surface area contributed by atoms with Crippen LogP contribution in [0.2, 0.25) is 0 Å². The van der Waals surface area contributed by atoms with E-state index in [0.29, 0.717) is 19.5 Å². The molecule has 5 heteroatoms. The lowest BCUT2D eigenvalue weighted by Gasteiger charge is -2.23. The summed E-state index contributed by atoms with van der Waals surface area (Å²) in [6, 6.07) is 2.73. The number of nitriles is 1. The minimum Gasteiger partial charge on any atom is -0.354 e. The Labute approximate surface area is 110 Å². The largest absolute Gasteiger partial charge is 0.354 e. The van der Waals surface area contributed by atoms with Crippen LogP contribution in [0.4, 0.5) is 0 Å². The van der Waals surface area contributed by atoms with Gasteiger partial charge >= 0.3 is 0 Å². The third-order valence-corrected chi connectivity index (χ3v) is 3.43. The summed E-state index contributed by atoms with van der Waals surface area (Å²) < 4.78 is 0. The number of likely N-dealkylation sites (N-methyl/N-ethyl adjacent to an activating group) is 1. The first-order valence-electron chi connectivity index (χ1n) is 6.78.